The largest absolute Gasteiger partial charge is 0.474 e. The first-order valence-corrected chi connectivity index (χ1v) is 12.5. The zero-order valence-electron chi connectivity index (χ0n) is 20.2. The van der Waals surface area contributed by atoms with Crippen molar-refractivity contribution in [2.75, 3.05) is 33.4 Å². The molecular formula is C25H41IN4O3. The maximum Gasteiger partial charge on any atom is 0.213 e. The summed E-state index contributed by atoms with van der Waals surface area (Å²) in [5, 5.41) is 3.52. The lowest BCUT2D eigenvalue weighted by atomic mass is 9.89. The Bertz CT molecular complexity index is 728. The summed E-state index contributed by atoms with van der Waals surface area (Å²) in [6.45, 7) is 6.59. The summed E-state index contributed by atoms with van der Waals surface area (Å²) in [5.41, 5.74) is 1.16. The Hall–Kier alpha value is -1.13. The maximum absolute atomic E-state index is 6.16. The van der Waals surface area contributed by atoms with Gasteiger partial charge in [0.1, 0.15) is 6.10 Å². The highest BCUT2D eigenvalue weighted by Gasteiger charge is 2.24. The van der Waals surface area contributed by atoms with Gasteiger partial charge in [0.25, 0.3) is 0 Å². The van der Waals surface area contributed by atoms with Crippen molar-refractivity contribution in [1.29, 1.82) is 0 Å². The van der Waals surface area contributed by atoms with E-state index < -0.39 is 0 Å². The number of halogens is 1. The summed E-state index contributed by atoms with van der Waals surface area (Å²) in [7, 11) is 1.85. The minimum atomic E-state index is 0. The fraction of sp³-hybridized carbons (Fsp3) is 0.760. The van der Waals surface area contributed by atoms with E-state index in [0.29, 0.717) is 24.9 Å². The van der Waals surface area contributed by atoms with Crippen LogP contribution < -0.4 is 10.1 Å². The Kier molecular flexibility index (Phi) is 11.0. The highest BCUT2D eigenvalue weighted by molar-refractivity contribution is 14.0. The second-order valence-electron chi connectivity index (χ2n) is 9.56. The average molecular weight is 573 g/mol. The summed E-state index contributed by atoms with van der Waals surface area (Å²) in [6, 6.07) is 4.10. The van der Waals surface area contributed by atoms with Crippen molar-refractivity contribution >= 4 is 29.9 Å². The summed E-state index contributed by atoms with van der Waals surface area (Å²) in [6.07, 6.45) is 11.9. The number of piperidine rings is 1. The van der Waals surface area contributed by atoms with Crippen LogP contribution >= 0.6 is 24.0 Å². The molecule has 1 unspecified atom stereocenters. The summed E-state index contributed by atoms with van der Waals surface area (Å²) < 4.78 is 17.9. The SMILES string of the molecule is CN=C(NCc1ccnc(OC2CCC(C)CC2)c1)N1CCC(OCC2CCCO2)CC1.I. The van der Waals surface area contributed by atoms with Crippen molar-refractivity contribution in [3.63, 3.8) is 0 Å². The maximum atomic E-state index is 6.16. The van der Waals surface area contributed by atoms with Crippen LogP contribution in [0.1, 0.15) is 63.9 Å². The Morgan fingerprint density at radius 3 is 2.64 bits per heavy atom. The second kappa shape index (κ2) is 13.7. The Labute approximate surface area is 216 Å². The van der Waals surface area contributed by atoms with E-state index in [1.54, 1.807) is 0 Å². The van der Waals surface area contributed by atoms with Crippen LogP contribution in [-0.2, 0) is 16.0 Å². The molecule has 1 aromatic rings. The molecule has 0 spiro atoms. The van der Waals surface area contributed by atoms with Gasteiger partial charge in [-0.1, -0.05) is 6.92 Å². The standard InChI is InChI=1S/C25H40N4O3.HI/c1-19-5-7-22(8-6-19)32-24-16-20(9-12-27-24)17-28-25(26-2)29-13-10-21(11-14-29)31-18-23-4-3-15-30-23;/h9,12,16,19,21-23H,3-8,10-11,13-15,17-18H2,1-2H3,(H,26,28);1H. The topological polar surface area (TPSA) is 68.2 Å². The quantitative estimate of drug-likeness (QED) is 0.297. The number of aromatic nitrogens is 1. The van der Waals surface area contributed by atoms with Crippen LogP contribution in [0.5, 0.6) is 5.88 Å². The molecule has 1 aliphatic carbocycles. The lowest BCUT2D eigenvalue weighted by Gasteiger charge is -2.34. The molecule has 0 aromatic carbocycles. The van der Waals surface area contributed by atoms with Crippen LogP contribution in [0.3, 0.4) is 0 Å². The molecule has 1 aromatic heterocycles. The summed E-state index contributed by atoms with van der Waals surface area (Å²) >= 11 is 0. The average Bonchev–Trinajstić information content (AvgIpc) is 3.34. The van der Waals surface area contributed by atoms with Gasteiger partial charge in [-0.25, -0.2) is 4.98 Å². The van der Waals surface area contributed by atoms with Crippen molar-refractivity contribution in [1.82, 2.24) is 15.2 Å². The minimum absolute atomic E-state index is 0. The molecule has 2 saturated heterocycles. The highest BCUT2D eigenvalue weighted by Crippen LogP contribution is 2.26. The molecule has 0 bridgehead atoms. The van der Waals surface area contributed by atoms with E-state index in [1.807, 2.05) is 19.3 Å². The van der Waals surface area contributed by atoms with E-state index in [-0.39, 0.29) is 24.0 Å². The fourth-order valence-electron chi connectivity index (χ4n) is 4.91. The van der Waals surface area contributed by atoms with Crippen molar-refractivity contribution in [2.45, 2.75) is 83.1 Å². The Morgan fingerprint density at radius 2 is 1.94 bits per heavy atom. The molecule has 33 heavy (non-hydrogen) atoms. The molecule has 1 N–H and O–H groups in total. The number of nitrogens with zero attached hydrogens (tertiary/aromatic N) is 3. The van der Waals surface area contributed by atoms with Gasteiger partial charge >= 0.3 is 0 Å². The Morgan fingerprint density at radius 1 is 1.15 bits per heavy atom. The van der Waals surface area contributed by atoms with Crippen molar-refractivity contribution in [3.8, 4) is 5.88 Å². The number of guanidine groups is 1. The van der Waals surface area contributed by atoms with Crippen LogP contribution in [-0.4, -0.2) is 67.5 Å². The van der Waals surface area contributed by atoms with Gasteiger partial charge in [0.2, 0.25) is 5.88 Å². The minimum Gasteiger partial charge on any atom is -0.474 e. The predicted molar refractivity (Wildman–Crippen MR) is 141 cm³/mol. The number of hydrogen-bond acceptors (Lipinski definition) is 5. The van der Waals surface area contributed by atoms with Crippen LogP contribution in [0, 0.1) is 5.92 Å². The second-order valence-corrected chi connectivity index (χ2v) is 9.56. The van der Waals surface area contributed by atoms with Gasteiger partial charge < -0.3 is 24.4 Å². The number of rotatable bonds is 7. The predicted octanol–water partition coefficient (Wildman–Crippen LogP) is 4.39. The van der Waals surface area contributed by atoms with Gasteiger partial charge in [-0.05, 0) is 68.9 Å². The molecule has 0 amide bonds. The van der Waals surface area contributed by atoms with Crippen molar-refractivity contribution in [3.05, 3.63) is 23.9 Å². The molecule has 0 radical (unpaired) electrons. The number of nitrogens with one attached hydrogen (secondary N) is 1. The summed E-state index contributed by atoms with van der Waals surface area (Å²) in [4.78, 5) is 11.3. The molecule has 3 heterocycles. The van der Waals surface area contributed by atoms with E-state index in [0.717, 1.165) is 81.7 Å². The van der Waals surface area contributed by atoms with E-state index in [2.05, 4.69) is 33.2 Å². The number of pyridine rings is 1. The molecule has 3 aliphatic rings. The van der Waals surface area contributed by atoms with Crippen LogP contribution in [0.15, 0.2) is 23.3 Å². The first kappa shape index (κ1) is 26.5. The molecule has 8 heteroatoms. The number of likely N-dealkylation sites (tertiary alicyclic amines) is 1. The molecule has 1 saturated carbocycles. The van der Waals surface area contributed by atoms with E-state index in [9.17, 15) is 0 Å². The third-order valence-corrected chi connectivity index (χ3v) is 7.00. The van der Waals surface area contributed by atoms with Gasteiger partial charge in [0, 0.05) is 45.6 Å². The highest BCUT2D eigenvalue weighted by atomic mass is 127. The normalized spacial score (nSPS) is 26.7. The lowest BCUT2D eigenvalue weighted by molar-refractivity contribution is -0.0367. The van der Waals surface area contributed by atoms with Gasteiger partial charge in [-0.3, -0.25) is 4.99 Å². The fourth-order valence-corrected chi connectivity index (χ4v) is 4.91. The summed E-state index contributed by atoms with van der Waals surface area (Å²) in [5.74, 6) is 2.51. The molecule has 4 rings (SSSR count). The van der Waals surface area contributed by atoms with Gasteiger partial charge in [0.05, 0.1) is 18.8 Å². The molecule has 1 atom stereocenters. The van der Waals surface area contributed by atoms with Crippen molar-refractivity contribution in [2.24, 2.45) is 10.9 Å². The van der Waals surface area contributed by atoms with E-state index >= 15 is 0 Å². The van der Waals surface area contributed by atoms with Crippen LogP contribution in [0.4, 0.5) is 0 Å². The number of hydrogen-bond donors (Lipinski definition) is 1. The Balaban J connectivity index is 0.00000306. The molecule has 3 fully saturated rings. The van der Waals surface area contributed by atoms with E-state index in [1.165, 1.54) is 19.3 Å². The van der Waals surface area contributed by atoms with Gasteiger partial charge in [-0.15, -0.1) is 24.0 Å². The van der Waals surface area contributed by atoms with Crippen LogP contribution in [0.25, 0.3) is 0 Å². The smallest absolute Gasteiger partial charge is 0.213 e. The molecule has 7 nitrogen and oxygen atoms in total. The first-order chi connectivity index (χ1) is 15.7. The van der Waals surface area contributed by atoms with Crippen molar-refractivity contribution < 1.29 is 14.2 Å². The zero-order chi connectivity index (χ0) is 22.2. The third kappa shape index (κ3) is 8.24. The molecular weight excluding hydrogens is 531 g/mol. The van der Waals surface area contributed by atoms with Gasteiger partial charge in [-0.2, -0.15) is 0 Å². The first-order valence-electron chi connectivity index (χ1n) is 12.5. The third-order valence-electron chi connectivity index (χ3n) is 7.00. The zero-order valence-corrected chi connectivity index (χ0v) is 22.5. The molecule has 186 valence electrons. The van der Waals surface area contributed by atoms with E-state index in [4.69, 9.17) is 14.2 Å². The lowest BCUT2D eigenvalue weighted by Crippen LogP contribution is -2.47. The van der Waals surface area contributed by atoms with Crippen LogP contribution in [0.2, 0.25) is 0 Å². The van der Waals surface area contributed by atoms with Gasteiger partial charge in [0.15, 0.2) is 5.96 Å². The monoisotopic (exact) mass is 572 g/mol. The number of ether oxygens (including phenoxy) is 3. The molecule has 2 aliphatic heterocycles. The number of aliphatic imine (C=N–C) groups is 1.